The maximum atomic E-state index is 12.8. The number of likely N-dealkylation sites (tertiary alicyclic amines) is 1. The molecule has 0 aliphatic carbocycles. The predicted molar refractivity (Wildman–Crippen MR) is 84.4 cm³/mol. The zero-order valence-corrected chi connectivity index (χ0v) is 13.3. The molecule has 5 nitrogen and oxygen atoms in total. The quantitative estimate of drug-likeness (QED) is 0.927. The number of benzene rings is 1. The number of amides is 1. The largest absolute Gasteiger partial charge is 0.486 e. The summed E-state index contributed by atoms with van der Waals surface area (Å²) in [5.41, 5.74) is 7.79. The Morgan fingerprint density at radius 2 is 1.95 bits per heavy atom. The Labute approximate surface area is 131 Å². The van der Waals surface area contributed by atoms with Crippen molar-refractivity contribution in [3.63, 3.8) is 0 Å². The number of carbonyl (C=O) groups is 1. The second kappa shape index (κ2) is 6.16. The molecule has 1 amide bonds. The molecule has 5 heteroatoms. The van der Waals surface area contributed by atoms with Gasteiger partial charge >= 0.3 is 0 Å². The minimum Gasteiger partial charge on any atom is -0.486 e. The molecule has 0 radical (unpaired) electrons. The molecule has 2 heterocycles. The van der Waals surface area contributed by atoms with Crippen LogP contribution in [0.3, 0.4) is 0 Å². The molecule has 0 spiro atoms. The first-order valence-electron chi connectivity index (χ1n) is 8.05. The van der Waals surface area contributed by atoms with E-state index in [1.807, 2.05) is 24.0 Å². The van der Waals surface area contributed by atoms with Crippen molar-refractivity contribution < 1.29 is 14.3 Å². The van der Waals surface area contributed by atoms with Crippen LogP contribution in [0.25, 0.3) is 0 Å². The van der Waals surface area contributed by atoms with Crippen LogP contribution in [0.1, 0.15) is 35.7 Å². The van der Waals surface area contributed by atoms with Gasteiger partial charge < -0.3 is 20.1 Å². The van der Waals surface area contributed by atoms with Gasteiger partial charge in [0.15, 0.2) is 11.5 Å². The SMILES string of the molecule is CCC[C@@H]1CN(C(=O)c2cc3c(cc2C)OCCO3)C[C@H]1N. The zero-order chi connectivity index (χ0) is 15.7. The molecule has 2 aliphatic rings. The van der Waals surface area contributed by atoms with Crippen LogP contribution < -0.4 is 15.2 Å². The van der Waals surface area contributed by atoms with E-state index >= 15 is 0 Å². The van der Waals surface area contributed by atoms with E-state index in [0.29, 0.717) is 37.0 Å². The van der Waals surface area contributed by atoms with E-state index in [2.05, 4.69) is 6.92 Å². The summed E-state index contributed by atoms with van der Waals surface area (Å²) in [6, 6.07) is 3.79. The van der Waals surface area contributed by atoms with Gasteiger partial charge in [0, 0.05) is 24.7 Å². The molecule has 1 saturated heterocycles. The number of nitrogens with two attached hydrogens (primary N) is 1. The lowest BCUT2D eigenvalue weighted by atomic mass is 9.99. The van der Waals surface area contributed by atoms with Crippen LogP contribution in [-0.4, -0.2) is 43.2 Å². The van der Waals surface area contributed by atoms with Crippen molar-refractivity contribution >= 4 is 5.91 Å². The lowest BCUT2D eigenvalue weighted by molar-refractivity contribution is 0.0783. The lowest BCUT2D eigenvalue weighted by Gasteiger charge is -2.22. The van der Waals surface area contributed by atoms with Crippen LogP contribution in [0.2, 0.25) is 0 Å². The number of carbonyl (C=O) groups excluding carboxylic acids is 1. The first kappa shape index (κ1) is 15.2. The van der Waals surface area contributed by atoms with Gasteiger partial charge in [-0.25, -0.2) is 0 Å². The summed E-state index contributed by atoms with van der Waals surface area (Å²) in [6.45, 7) is 6.56. The van der Waals surface area contributed by atoms with Gasteiger partial charge in [-0.1, -0.05) is 13.3 Å². The highest BCUT2D eigenvalue weighted by atomic mass is 16.6. The van der Waals surface area contributed by atoms with Gasteiger partial charge in [0.1, 0.15) is 13.2 Å². The third-order valence-corrected chi connectivity index (χ3v) is 4.56. The topological polar surface area (TPSA) is 64.8 Å². The summed E-state index contributed by atoms with van der Waals surface area (Å²) in [5.74, 6) is 1.84. The van der Waals surface area contributed by atoms with Crippen molar-refractivity contribution in [2.45, 2.75) is 32.7 Å². The van der Waals surface area contributed by atoms with Crippen LogP contribution in [0.15, 0.2) is 12.1 Å². The first-order valence-corrected chi connectivity index (χ1v) is 8.05. The molecule has 3 rings (SSSR count). The molecule has 120 valence electrons. The summed E-state index contributed by atoms with van der Waals surface area (Å²) in [4.78, 5) is 14.7. The van der Waals surface area contributed by atoms with E-state index in [9.17, 15) is 4.79 Å². The molecule has 22 heavy (non-hydrogen) atoms. The summed E-state index contributed by atoms with van der Waals surface area (Å²) in [6.07, 6.45) is 2.18. The highest BCUT2D eigenvalue weighted by Gasteiger charge is 2.33. The molecule has 2 N–H and O–H groups in total. The number of hydrogen-bond donors (Lipinski definition) is 1. The molecular weight excluding hydrogens is 280 g/mol. The summed E-state index contributed by atoms with van der Waals surface area (Å²) in [7, 11) is 0. The fraction of sp³-hybridized carbons (Fsp3) is 0.588. The van der Waals surface area contributed by atoms with Gasteiger partial charge in [-0.15, -0.1) is 0 Å². The van der Waals surface area contributed by atoms with Gasteiger partial charge in [0.2, 0.25) is 0 Å². The Kier molecular flexibility index (Phi) is 4.25. The van der Waals surface area contributed by atoms with Gasteiger partial charge in [-0.3, -0.25) is 4.79 Å². The van der Waals surface area contributed by atoms with Crippen molar-refractivity contribution in [3.8, 4) is 11.5 Å². The average Bonchev–Trinajstić information content (AvgIpc) is 2.87. The van der Waals surface area contributed by atoms with Gasteiger partial charge in [-0.05, 0) is 37.0 Å². The van der Waals surface area contributed by atoms with Gasteiger partial charge in [0.05, 0.1) is 0 Å². The standard InChI is InChI=1S/C17H24N2O3/c1-3-4-12-9-19(10-14(12)18)17(20)13-8-16-15(7-11(13)2)21-5-6-22-16/h7-8,12,14H,3-6,9-10,18H2,1-2H3/t12-,14-/m1/s1. The Morgan fingerprint density at radius 1 is 1.27 bits per heavy atom. The number of hydrogen-bond acceptors (Lipinski definition) is 4. The zero-order valence-electron chi connectivity index (χ0n) is 13.3. The molecule has 1 aromatic carbocycles. The van der Waals surface area contributed by atoms with E-state index in [0.717, 1.165) is 30.7 Å². The smallest absolute Gasteiger partial charge is 0.254 e. The van der Waals surface area contributed by atoms with Crippen LogP contribution in [-0.2, 0) is 0 Å². The summed E-state index contributed by atoms with van der Waals surface area (Å²) < 4.78 is 11.2. The van der Waals surface area contributed by atoms with E-state index < -0.39 is 0 Å². The Hall–Kier alpha value is -1.75. The molecule has 0 saturated carbocycles. The third-order valence-electron chi connectivity index (χ3n) is 4.56. The highest BCUT2D eigenvalue weighted by Crippen LogP contribution is 2.34. The lowest BCUT2D eigenvalue weighted by Crippen LogP contribution is -2.32. The van der Waals surface area contributed by atoms with E-state index in [1.165, 1.54) is 0 Å². The third kappa shape index (κ3) is 2.77. The number of nitrogens with zero attached hydrogens (tertiary/aromatic N) is 1. The average molecular weight is 304 g/mol. The fourth-order valence-electron chi connectivity index (χ4n) is 3.33. The number of rotatable bonds is 3. The van der Waals surface area contributed by atoms with Crippen molar-refractivity contribution in [1.29, 1.82) is 0 Å². The monoisotopic (exact) mass is 304 g/mol. The first-order chi connectivity index (χ1) is 10.6. The number of fused-ring (bicyclic) bond motifs is 1. The highest BCUT2D eigenvalue weighted by molar-refractivity contribution is 5.96. The van der Waals surface area contributed by atoms with Crippen LogP contribution >= 0.6 is 0 Å². The van der Waals surface area contributed by atoms with E-state index in [1.54, 1.807) is 0 Å². The van der Waals surface area contributed by atoms with Crippen LogP contribution in [0.4, 0.5) is 0 Å². The van der Waals surface area contributed by atoms with E-state index in [4.69, 9.17) is 15.2 Å². The molecule has 2 aliphatic heterocycles. The Morgan fingerprint density at radius 3 is 2.64 bits per heavy atom. The van der Waals surface area contributed by atoms with Crippen molar-refractivity contribution in [2.24, 2.45) is 11.7 Å². The predicted octanol–water partition coefficient (Wildman–Crippen LogP) is 1.97. The van der Waals surface area contributed by atoms with Crippen molar-refractivity contribution in [2.75, 3.05) is 26.3 Å². The van der Waals surface area contributed by atoms with Gasteiger partial charge in [-0.2, -0.15) is 0 Å². The number of aryl methyl sites for hydroxylation is 1. The molecule has 2 atom stereocenters. The van der Waals surface area contributed by atoms with Gasteiger partial charge in [0.25, 0.3) is 5.91 Å². The molecular formula is C17H24N2O3. The summed E-state index contributed by atoms with van der Waals surface area (Å²) in [5, 5.41) is 0. The van der Waals surface area contributed by atoms with Crippen LogP contribution in [0.5, 0.6) is 11.5 Å². The minimum atomic E-state index is 0.0449. The minimum absolute atomic E-state index is 0.0449. The second-order valence-electron chi connectivity index (χ2n) is 6.23. The maximum Gasteiger partial charge on any atom is 0.254 e. The van der Waals surface area contributed by atoms with Crippen molar-refractivity contribution in [3.05, 3.63) is 23.3 Å². The number of ether oxygens (including phenoxy) is 2. The Bertz CT molecular complexity index is 573. The normalized spacial score (nSPS) is 23.7. The fourth-order valence-corrected chi connectivity index (χ4v) is 3.33. The van der Waals surface area contributed by atoms with Crippen molar-refractivity contribution in [1.82, 2.24) is 4.90 Å². The maximum absolute atomic E-state index is 12.8. The summed E-state index contributed by atoms with van der Waals surface area (Å²) >= 11 is 0. The van der Waals surface area contributed by atoms with E-state index in [-0.39, 0.29) is 11.9 Å². The van der Waals surface area contributed by atoms with Crippen LogP contribution in [0, 0.1) is 12.8 Å². The molecule has 0 bridgehead atoms. The Balaban J connectivity index is 1.81. The molecule has 1 fully saturated rings. The second-order valence-corrected chi connectivity index (χ2v) is 6.23. The molecule has 1 aromatic rings. The molecule has 0 aromatic heterocycles. The molecule has 0 unspecified atom stereocenters.